The number of aryl methyl sites for hydroxylation is 1. The highest BCUT2D eigenvalue weighted by atomic mass is 32.2. The van der Waals surface area contributed by atoms with Gasteiger partial charge in [-0.15, -0.1) is 11.8 Å². The lowest BCUT2D eigenvalue weighted by Crippen LogP contribution is -2.12. The molecule has 0 aliphatic heterocycles. The molecular formula is C13H21O5PS2. The molecule has 0 fully saturated rings. The standard InChI is InChI=1S/C13H21O5PS2/c1-10(2)18-19(4,14)9-17-21(15,16)13-11(3)7-6-8-12(13)20-5/h6-8,10H,9H2,1-5H3. The van der Waals surface area contributed by atoms with E-state index in [2.05, 4.69) is 0 Å². The average Bonchev–Trinajstić information content (AvgIpc) is 2.34. The van der Waals surface area contributed by atoms with Crippen molar-refractivity contribution in [3.05, 3.63) is 23.8 Å². The lowest BCUT2D eigenvalue weighted by atomic mass is 10.2. The normalized spacial score (nSPS) is 15.1. The molecule has 0 spiro atoms. The van der Waals surface area contributed by atoms with Crippen LogP contribution in [-0.4, -0.2) is 33.8 Å². The van der Waals surface area contributed by atoms with Gasteiger partial charge in [-0.25, -0.2) is 0 Å². The second-order valence-electron chi connectivity index (χ2n) is 4.98. The molecule has 1 aromatic rings. The quantitative estimate of drug-likeness (QED) is 0.423. The lowest BCUT2D eigenvalue weighted by molar-refractivity contribution is 0.230. The van der Waals surface area contributed by atoms with Crippen LogP contribution in [0.3, 0.4) is 0 Å². The molecule has 0 saturated carbocycles. The van der Waals surface area contributed by atoms with Crippen LogP contribution in [0.5, 0.6) is 0 Å². The zero-order valence-corrected chi connectivity index (χ0v) is 15.3. The van der Waals surface area contributed by atoms with Crippen molar-refractivity contribution in [3.63, 3.8) is 0 Å². The van der Waals surface area contributed by atoms with Crippen LogP contribution in [0.2, 0.25) is 0 Å². The van der Waals surface area contributed by atoms with Gasteiger partial charge in [-0.05, 0) is 38.7 Å². The maximum Gasteiger partial charge on any atom is 0.298 e. The molecule has 0 aromatic heterocycles. The number of thioether (sulfide) groups is 1. The molecule has 0 saturated heterocycles. The fraction of sp³-hybridized carbons (Fsp3) is 0.538. The SMILES string of the molecule is CSc1cccc(C)c1S(=O)(=O)OCP(C)(=O)OC(C)C. The summed E-state index contributed by atoms with van der Waals surface area (Å²) < 4.78 is 47.0. The summed E-state index contributed by atoms with van der Waals surface area (Å²) in [7, 11) is -7.09. The molecule has 0 bridgehead atoms. The van der Waals surface area contributed by atoms with Crippen LogP contribution in [0.1, 0.15) is 19.4 Å². The van der Waals surface area contributed by atoms with Gasteiger partial charge < -0.3 is 4.52 Å². The summed E-state index contributed by atoms with van der Waals surface area (Å²) in [6, 6.07) is 5.20. The van der Waals surface area contributed by atoms with Crippen molar-refractivity contribution in [3.8, 4) is 0 Å². The molecule has 120 valence electrons. The summed E-state index contributed by atoms with van der Waals surface area (Å²) in [5.41, 5.74) is 0.595. The van der Waals surface area contributed by atoms with Gasteiger partial charge in [0.1, 0.15) is 11.2 Å². The highest BCUT2D eigenvalue weighted by molar-refractivity contribution is 7.99. The van der Waals surface area contributed by atoms with E-state index in [1.54, 1.807) is 45.2 Å². The Hall–Kier alpha value is -0.330. The average molecular weight is 352 g/mol. The smallest absolute Gasteiger partial charge is 0.298 e. The highest BCUT2D eigenvalue weighted by Gasteiger charge is 2.27. The minimum absolute atomic E-state index is 0.127. The number of hydrogen-bond acceptors (Lipinski definition) is 6. The summed E-state index contributed by atoms with van der Waals surface area (Å²) in [6.07, 6.45) is 1.07. The number of hydrogen-bond donors (Lipinski definition) is 0. The van der Waals surface area contributed by atoms with Crippen molar-refractivity contribution in [2.75, 3.05) is 19.3 Å². The molecule has 1 aromatic carbocycles. The van der Waals surface area contributed by atoms with Gasteiger partial charge in [0.15, 0.2) is 0 Å². The second-order valence-corrected chi connectivity index (χ2v) is 9.87. The topological polar surface area (TPSA) is 69.7 Å². The van der Waals surface area contributed by atoms with Gasteiger partial charge in [0.2, 0.25) is 7.37 Å². The molecule has 5 nitrogen and oxygen atoms in total. The minimum Gasteiger partial charge on any atom is -0.324 e. The van der Waals surface area contributed by atoms with Crippen molar-refractivity contribution < 1.29 is 21.7 Å². The molecule has 8 heteroatoms. The molecule has 0 aliphatic rings. The molecular weight excluding hydrogens is 331 g/mol. The van der Waals surface area contributed by atoms with E-state index < -0.39 is 23.8 Å². The Morgan fingerprint density at radius 1 is 1.33 bits per heavy atom. The number of benzene rings is 1. The Morgan fingerprint density at radius 2 is 1.95 bits per heavy atom. The van der Waals surface area contributed by atoms with E-state index in [0.29, 0.717) is 10.5 Å². The number of rotatable bonds is 7. The van der Waals surface area contributed by atoms with Crippen LogP contribution >= 0.6 is 19.1 Å². The zero-order valence-electron chi connectivity index (χ0n) is 12.8. The summed E-state index contributed by atoms with van der Waals surface area (Å²) in [5, 5.41) is 0. The van der Waals surface area contributed by atoms with Gasteiger partial charge in [0.25, 0.3) is 10.1 Å². The summed E-state index contributed by atoms with van der Waals surface area (Å²) in [5.74, 6) is 0. The van der Waals surface area contributed by atoms with E-state index in [1.165, 1.54) is 18.4 Å². The van der Waals surface area contributed by atoms with Crippen LogP contribution in [0.15, 0.2) is 28.0 Å². The Bertz CT molecular complexity index is 640. The first kappa shape index (κ1) is 18.7. The zero-order chi connectivity index (χ0) is 16.3. The monoisotopic (exact) mass is 352 g/mol. The first-order chi connectivity index (χ1) is 9.59. The molecule has 0 aliphatic carbocycles. The van der Waals surface area contributed by atoms with Crippen LogP contribution < -0.4 is 0 Å². The Morgan fingerprint density at radius 3 is 2.48 bits per heavy atom. The van der Waals surface area contributed by atoms with Crippen molar-refractivity contribution in [2.24, 2.45) is 0 Å². The van der Waals surface area contributed by atoms with Crippen LogP contribution in [0, 0.1) is 6.92 Å². The van der Waals surface area contributed by atoms with Gasteiger partial charge in [0.05, 0.1) is 6.10 Å². The molecule has 1 unspecified atom stereocenters. The van der Waals surface area contributed by atoms with Gasteiger partial charge >= 0.3 is 0 Å². The van der Waals surface area contributed by atoms with E-state index in [-0.39, 0.29) is 11.0 Å². The highest BCUT2D eigenvalue weighted by Crippen LogP contribution is 2.44. The molecule has 0 radical (unpaired) electrons. The molecule has 0 heterocycles. The van der Waals surface area contributed by atoms with Crippen LogP contribution in [-0.2, 0) is 23.4 Å². The molecule has 1 rings (SSSR count). The van der Waals surface area contributed by atoms with E-state index in [1.807, 2.05) is 0 Å². The fourth-order valence-electron chi connectivity index (χ4n) is 1.81. The predicted octanol–water partition coefficient (Wildman–Crippen LogP) is 3.71. The van der Waals surface area contributed by atoms with Crippen molar-refractivity contribution in [1.29, 1.82) is 0 Å². The first-order valence-corrected chi connectivity index (χ1v) is 11.3. The van der Waals surface area contributed by atoms with Crippen molar-refractivity contribution >= 4 is 29.2 Å². The van der Waals surface area contributed by atoms with E-state index in [9.17, 15) is 13.0 Å². The summed E-state index contributed by atoms with van der Waals surface area (Å²) in [4.78, 5) is 0.729. The van der Waals surface area contributed by atoms with E-state index in [4.69, 9.17) is 8.71 Å². The van der Waals surface area contributed by atoms with E-state index in [0.717, 1.165) is 0 Å². The third-order valence-electron chi connectivity index (χ3n) is 2.52. The van der Waals surface area contributed by atoms with Gasteiger partial charge in [-0.1, -0.05) is 12.1 Å². The van der Waals surface area contributed by atoms with Crippen molar-refractivity contribution in [2.45, 2.75) is 36.7 Å². The Kier molecular flexibility index (Phi) is 6.50. The Labute approximate surface area is 131 Å². The van der Waals surface area contributed by atoms with Crippen LogP contribution in [0.25, 0.3) is 0 Å². The summed E-state index contributed by atoms with van der Waals surface area (Å²) in [6.45, 7) is 6.54. The molecule has 0 N–H and O–H groups in total. The minimum atomic E-state index is -3.98. The second kappa shape index (κ2) is 7.29. The van der Waals surface area contributed by atoms with Gasteiger partial charge in [-0.3, -0.25) is 8.75 Å². The maximum atomic E-state index is 12.4. The maximum absolute atomic E-state index is 12.4. The largest absolute Gasteiger partial charge is 0.324 e. The fourth-order valence-corrected chi connectivity index (χ4v) is 6.09. The van der Waals surface area contributed by atoms with Crippen molar-refractivity contribution in [1.82, 2.24) is 0 Å². The van der Waals surface area contributed by atoms with Gasteiger partial charge in [0, 0.05) is 11.6 Å². The van der Waals surface area contributed by atoms with E-state index >= 15 is 0 Å². The lowest BCUT2D eigenvalue weighted by Gasteiger charge is -2.17. The third kappa shape index (κ3) is 5.42. The summed E-state index contributed by atoms with van der Waals surface area (Å²) >= 11 is 1.32. The first-order valence-electron chi connectivity index (χ1n) is 6.37. The van der Waals surface area contributed by atoms with Crippen LogP contribution in [0.4, 0.5) is 0 Å². The third-order valence-corrected chi connectivity index (χ3v) is 6.54. The molecule has 21 heavy (non-hydrogen) atoms. The molecule has 1 atom stereocenters. The Balaban J connectivity index is 3.01. The van der Waals surface area contributed by atoms with Gasteiger partial charge in [-0.2, -0.15) is 8.42 Å². The predicted molar refractivity (Wildman–Crippen MR) is 85.8 cm³/mol. The molecule has 0 amide bonds.